The summed E-state index contributed by atoms with van der Waals surface area (Å²) in [4.78, 5) is 0. The van der Waals surface area contributed by atoms with E-state index in [0.717, 1.165) is 44.1 Å². The van der Waals surface area contributed by atoms with E-state index in [0.29, 0.717) is 5.92 Å². The molecule has 0 aliphatic heterocycles. The van der Waals surface area contributed by atoms with E-state index in [9.17, 15) is 5.11 Å². The fourth-order valence-corrected chi connectivity index (χ4v) is 2.42. The fourth-order valence-electron chi connectivity index (χ4n) is 2.42. The predicted molar refractivity (Wildman–Crippen MR) is 71.8 cm³/mol. The molecule has 0 radical (unpaired) electrons. The molecule has 0 atom stereocenters. The van der Waals surface area contributed by atoms with Gasteiger partial charge in [-0.2, -0.15) is 0 Å². The molecule has 0 saturated heterocycles. The van der Waals surface area contributed by atoms with E-state index in [-0.39, 0.29) is 6.61 Å². The van der Waals surface area contributed by atoms with Crippen molar-refractivity contribution in [3.63, 3.8) is 0 Å². The Balaban J connectivity index is 2.30. The average Bonchev–Trinajstić information content (AvgIpc) is 2.28. The van der Waals surface area contributed by atoms with Crippen LogP contribution in [-0.2, 0) is 0 Å². The van der Waals surface area contributed by atoms with E-state index in [1.54, 1.807) is 0 Å². The van der Waals surface area contributed by atoms with Crippen molar-refractivity contribution in [3.05, 3.63) is 23.8 Å². The van der Waals surface area contributed by atoms with Gasteiger partial charge < -0.3 is 10.2 Å². The topological polar surface area (TPSA) is 40.5 Å². The second-order valence-corrected chi connectivity index (χ2v) is 5.68. The average molecular weight is 238 g/mol. The first kappa shape index (κ1) is 14.5. The zero-order valence-electron chi connectivity index (χ0n) is 11.2. The van der Waals surface area contributed by atoms with Crippen LogP contribution in [0.5, 0.6) is 0 Å². The number of aliphatic hydroxyl groups excluding tert-OH is 1. The van der Waals surface area contributed by atoms with Gasteiger partial charge >= 0.3 is 0 Å². The second-order valence-electron chi connectivity index (χ2n) is 5.68. The zero-order chi connectivity index (χ0) is 12.9. The molecule has 2 nitrogen and oxygen atoms in total. The monoisotopic (exact) mass is 238 g/mol. The Hall–Kier alpha value is -0.600. The van der Waals surface area contributed by atoms with Gasteiger partial charge in [0.05, 0.1) is 12.2 Å². The van der Waals surface area contributed by atoms with Crippen LogP contribution in [0.3, 0.4) is 0 Å². The standard InChI is InChI=1S/C15H26O2/c1-12(11-16)5-4-6-13(2)14-7-9-15(3,17)10-8-14/h5,14,16-17H,2,4,6-11H2,1,3H3/b12-5+. The van der Waals surface area contributed by atoms with Crippen LogP contribution in [0.4, 0.5) is 0 Å². The van der Waals surface area contributed by atoms with Gasteiger partial charge in [-0.3, -0.25) is 0 Å². The first-order valence-corrected chi connectivity index (χ1v) is 6.61. The van der Waals surface area contributed by atoms with Crippen LogP contribution >= 0.6 is 0 Å². The summed E-state index contributed by atoms with van der Waals surface area (Å²) < 4.78 is 0. The van der Waals surface area contributed by atoms with Gasteiger partial charge in [0.15, 0.2) is 0 Å². The van der Waals surface area contributed by atoms with Crippen LogP contribution in [0.2, 0.25) is 0 Å². The van der Waals surface area contributed by atoms with Crippen molar-refractivity contribution in [2.45, 2.75) is 58.0 Å². The SMILES string of the molecule is C=C(CC/C=C(\C)CO)C1CCC(C)(O)CC1. The van der Waals surface area contributed by atoms with Gasteiger partial charge in [-0.15, -0.1) is 0 Å². The maximum atomic E-state index is 9.89. The zero-order valence-corrected chi connectivity index (χ0v) is 11.2. The summed E-state index contributed by atoms with van der Waals surface area (Å²) >= 11 is 0. The quantitative estimate of drug-likeness (QED) is 0.722. The lowest BCUT2D eigenvalue weighted by molar-refractivity contribution is 0.0123. The Bertz CT molecular complexity index is 279. The molecule has 1 aliphatic carbocycles. The molecule has 2 N–H and O–H groups in total. The van der Waals surface area contributed by atoms with E-state index in [2.05, 4.69) is 12.7 Å². The molecule has 0 aromatic carbocycles. The second kappa shape index (κ2) is 6.36. The third-order valence-electron chi connectivity index (χ3n) is 3.85. The highest BCUT2D eigenvalue weighted by molar-refractivity contribution is 5.06. The van der Waals surface area contributed by atoms with Crippen molar-refractivity contribution in [1.29, 1.82) is 0 Å². The summed E-state index contributed by atoms with van der Waals surface area (Å²) in [6.07, 6.45) is 7.97. The van der Waals surface area contributed by atoms with Crippen LogP contribution in [0.15, 0.2) is 23.8 Å². The number of hydrogen-bond donors (Lipinski definition) is 2. The predicted octanol–water partition coefficient (Wildman–Crippen LogP) is 3.20. The summed E-state index contributed by atoms with van der Waals surface area (Å²) in [5, 5.41) is 18.8. The van der Waals surface area contributed by atoms with Crippen LogP contribution in [0.1, 0.15) is 52.4 Å². The third kappa shape index (κ3) is 5.05. The van der Waals surface area contributed by atoms with Crippen LogP contribution in [0.25, 0.3) is 0 Å². The molecule has 2 heteroatoms. The summed E-state index contributed by atoms with van der Waals surface area (Å²) in [7, 11) is 0. The van der Waals surface area contributed by atoms with E-state index < -0.39 is 5.60 Å². The van der Waals surface area contributed by atoms with Crippen molar-refractivity contribution in [2.24, 2.45) is 5.92 Å². The minimum atomic E-state index is -0.454. The maximum Gasteiger partial charge on any atom is 0.0639 e. The van der Waals surface area contributed by atoms with E-state index in [1.165, 1.54) is 5.57 Å². The molecule has 1 fully saturated rings. The highest BCUT2D eigenvalue weighted by Crippen LogP contribution is 2.36. The van der Waals surface area contributed by atoms with E-state index in [1.807, 2.05) is 13.8 Å². The van der Waals surface area contributed by atoms with E-state index >= 15 is 0 Å². The minimum absolute atomic E-state index is 0.152. The smallest absolute Gasteiger partial charge is 0.0639 e. The molecule has 1 rings (SSSR count). The fraction of sp³-hybridized carbons (Fsp3) is 0.733. The Kier molecular flexibility index (Phi) is 5.41. The summed E-state index contributed by atoms with van der Waals surface area (Å²) in [5.74, 6) is 0.582. The molecule has 0 amide bonds. The first-order chi connectivity index (χ1) is 7.94. The Morgan fingerprint density at radius 2 is 2.00 bits per heavy atom. The van der Waals surface area contributed by atoms with E-state index in [4.69, 9.17) is 5.11 Å². The normalized spacial score (nSPS) is 30.4. The van der Waals surface area contributed by atoms with Gasteiger partial charge in [0.2, 0.25) is 0 Å². The Morgan fingerprint density at radius 1 is 1.41 bits per heavy atom. The van der Waals surface area contributed by atoms with Crippen molar-refractivity contribution in [2.75, 3.05) is 6.61 Å². The van der Waals surface area contributed by atoms with Crippen molar-refractivity contribution in [1.82, 2.24) is 0 Å². The van der Waals surface area contributed by atoms with Gasteiger partial charge in [0, 0.05) is 0 Å². The van der Waals surface area contributed by atoms with Crippen LogP contribution in [-0.4, -0.2) is 22.4 Å². The van der Waals surface area contributed by atoms with Crippen molar-refractivity contribution in [3.8, 4) is 0 Å². The molecule has 1 saturated carbocycles. The summed E-state index contributed by atoms with van der Waals surface area (Å²) in [5.41, 5.74) is 1.89. The molecular weight excluding hydrogens is 212 g/mol. The summed E-state index contributed by atoms with van der Waals surface area (Å²) in [6.45, 7) is 8.20. The lowest BCUT2D eigenvalue weighted by Crippen LogP contribution is -2.30. The lowest BCUT2D eigenvalue weighted by atomic mass is 9.76. The van der Waals surface area contributed by atoms with Gasteiger partial charge in [-0.05, 0) is 58.3 Å². The van der Waals surface area contributed by atoms with Gasteiger partial charge in [-0.25, -0.2) is 0 Å². The Labute approximate surface area is 105 Å². The van der Waals surface area contributed by atoms with Crippen LogP contribution < -0.4 is 0 Å². The number of allylic oxidation sites excluding steroid dienone is 2. The number of hydrogen-bond acceptors (Lipinski definition) is 2. The molecule has 0 aromatic heterocycles. The Morgan fingerprint density at radius 3 is 2.53 bits per heavy atom. The maximum absolute atomic E-state index is 9.89. The highest BCUT2D eigenvalue weighted by Gasteiger charge is 2.29. The summed E-state index contributed by atoms with van der Waals surface area (Å²) in [6, 6.07) is 0. The largest absolute Gasteiger partial charge is 0.392 e. The van der Waals surface area contributed by atoms with Crippen LogP contribution in [0, 0.1) is 5.92 Å². The molecule has 17 heavy (non-hydrogen) atoms. The molecule has 98 valence electrons. The van der Waals surface area contributed by atoms with Crippen molar-refractivity contribution < 1.29 is 10.2 Å². The molecule has 1 aliphatic rings. The van der Waals surface area contributed by atoms with Crippen molar-refractivity contribution >= 4 is 0 Å². The number of aliphatic hydroxyl groups is 2. The molecule has 0 heterocycles. The molecule has 0 spiro atoms. The van der Waals surface area contributed by atoms with Gasteiger partial charge in [0.1, 0.15) is 0 Å². The highest BCUT2D eigenvalue weighted by atomic mass is 16.3. The van der Waals surface area contributed by atoms with Gasteiger partial charge in [-0.1, -0.05) is 23.8 Å². The third-order valence-corrected chi connectivity index (χ3v) is 3.85. The molecule has 0 aromatic rings. The minimum Gasteiger partial charge on any atom is -0.392 e. The molecular formula is C15H26O2. The molecule has 0 unspecified atom stereocenters. The number of rotatable bonds is 5. The lowest BCUT2D eigenvalue weighted by Gasteiger charge is -2.34. The van der Waals surface area contributed by atoms with Gasteiger partial charge in [0.25, 0.3) is 0 Å². The molecule has 0 bridgehead atoms. The first-order valence-electron chi connectivity index (χ1n) is 6.61.